The maximum Gasteiger partial charge on any atom is 0.202 e. The van der Waals surface area contributed by atoms with E-state index in [1.807, 2.05) is 6.07 Å². The molecule has 0 fully saturated rings. The lowest BCUT2D eigenvalue weighted by Crippen LogP contribution is -2.11. The van der Waals surface area contributed by atoms with Crippen molar-refractivity contribution in [2.75, 3.05) is 4.90 Å². The normalized spacial score (nSPS) is 11.8. The van der Waals surface area contributed by atoms with Crippen LogP contribution in [0.2, 0.25) is 0 Å². The van der Waals surface area contributed by atoms with Crippen LogP contribution in [0, 0.1) is 6.57 Å². The van der Waals surface area contributed by atoms with Crippen LogP contribution in [-0.4, -0.2) is 13.3 Å². The van der Waals surface area contributed by atoms with Gasteiger partial charge in [0.15, 0.2) is 0 Å². The monoisotopic (exact) mass is 1010 g/mol. The lowest BCUT2D eigenvalue weighted by Gasteiger charge is -2.26. The number of aromatic nitrogens is 3. The summed E-state index contributed by atoms with van der Waals surface area (Å²) in [4.78, 5) is 6.55. The van der Waals surface area contributed by atoms with Crippen molar-refractivity contribution in [3.63, 3.8) is 0 Å². The Morgan fingerprint density at radius 3 is 1.52 bits per heavy atom. The molecule has 10 aromatic carbocycles. The van der Waals surface area contributed by atoms with Crippen LogP contribution < -0.4 is 4.90 Å². The van der Waals surface area contributed by atoms with Crippen LogP contribution in [0.5, 0.6) is 0 Å². The summed E-state index contributed by atoms with van der Waals surface area (Å²) in [6.07, 6.45) is 0. The molecule has 0 N–H and O–H groups in total. The standard InChI is InChI=1S/C71H57N5S/c1-70(2,3)54-37-29-51(30-38-54)65(52-31-39-55(40-32-52)71(4,5)6)67(72-7)53-35-43-57(44-36-53)75(56-19-12-9-13-20-56)64-46-45-60(68-69(64)74-77-73-68)59-22-16-24-63-66(59)61-21-14-15-23-62(61)76(63)58-41-33-50(34-42-58)49-27-25-48(26-28-49)47-17-10-8-11-18-47/h8-46H,1-6H3. The maximum atomic E-state index is 8.73. The van der Waals surface area contributed by atoms with Gasteiger partial charge in [-0.05, 0) is 133 Å². The number of nitrogens with zero attached hydrogens (tertiary/aromatic N) is 5. The van der Waals surface area contributed by atoms with Crippen LogP contribution in [0.25, 0.3) is 88.0 Å². The van der Waals surface area contributed by atoms with Crippen molar-refractivity contribution >= 4 is 72.9 Å². The third-order valence-corrected chi connectivity index (χ3v) is 15.4. The van der Waals surface area contributed by atoms with E-state index in [9.17, 15) is 0 Å². The Labute approximate surface area is 455 Å². The van der Waals surface area contributed by atoms with E-state index >= 15 is 0 Å². The Hall–Kier alpha value is -9.15. The molecule has 77 heavy (non-hydrogen) atoms. The van der Waals surface area contributed by atoms with Gasteiger partial charge in [0.25, 0.3) is 0 Å². The lowest BCUT2D eigenvalue weighted by atomic mass is 9.84. The number of fused-ring (bicyclic) bond motifs is 4. The van der Waals surface area contributed by atoms with E-state index in [4.69, 9.17) is 15.3 Å². The molecular weight excluding hydrogens is 955 g/mol. The molecule has 0 aliphatic rings. The molecule has 0 bridgehead atoms. The third kappa shape index (κ3) is 9.20. The molecule has 2 heterocycles. The molecule has 12 aromatic rings. The molecule has 0 aliphatic heterocycles. The molecule has 0 spiro atoms. The lowest BCUT2D eigenvalue weighted by molar-refractivity contribution is 0.590. The Balaban J connectivity index is 0.931. The fourth-order valence-corrected chi connectivity index (χ4v) is 11.4. The van der Waals surface area contributed by atoms with E-state index in [1.54, 1.807) is 0 Å². The summed E-state index contributed by atoms with van der Waals surface area (Å²) in [5, 5.41) is 2.34. The molecular formula is C71H57N5S. The fraction of sp³-hybridized carbons (Fsp3) is 0.113. The van der Waals surface area contributed by atoms with Gasteiger partial charge in [-0.15, -0.1) is 0 Å². The molecule has 5 nitrogen and oxygen atoms in total. The minimum atomic E-state index is 0.00318. The topological polar surface area (TPSA) is 38.3 Å². The Kier molecular flexibility index (Phi) is 12.6. The highest BCUT2D eigenvalue weighted by atomic mass is 32.1. The predicted octanol–water partition coefficient (Wildman–Crippen LogP) is 19.7. The largest absolute Gasteiger partial charge is 0.309 e. The van der Waals surface area contributed by atoms with Gasteiger partial charge in [0, 0.05) is 33.4 Å². The van der Waals surface area contributed by atoms with E-state index in [0.717, 1.165) is 78.2 Å². The van der Waals surface area contributed by atoms with Gasteiger partial charge < -0.3 is 9.47 Å². The van der Waals surface area contributed by atoms with Crippen LogP contribution in [0.4, 0.5) is 17.1 Å². The second-order valence-electron chi connectivity index (χ2n) is 21.8. The minimum absolute atomic E-state index is 0.00318. The van der Waals surface area contributed by atoms with Gasteiger partial charge >= 0.3 is 0 Å². The highest BCUT2D eigenvalue weighted by Gasteiger charge is 2.24. The summed E-state index contributed by atoms with van der Waals surface area (Å²) in [5.74, 6) is 0. The Morgan fingerprint density at radius 1 is 0.442 bits per heavy atom. The molecule has 0 saturated carbocycles. The minimum Gasteiger partial charge on any atom is -0.309 e. The first kappa shape index (κ1) is 48.8. The second kappa shape index (κ2) is 19.8. The maximum absolute atomic E-state index is 8.73. The molecule has 2 aromatic heterocycles. The van der Waals surface area contributed by atoms with Crippen molar-refractivity contribution in [1.82, 2.24) is 13.3 Å². The number of hydrogen-bond donors (Lipinski definition) is 0. The van der Waals surface area contributed by atoms with Crippen LogP contribution in [0.15, 0.2) is 237 Å². The number of rotatable bonds is 10. The SMILES string of the molecule is [C-]#[N+]C(=C(c1ccc(C(C)(C)C)cc1)c1ccc(C(C)(C)C)cc1)c1ccc(N(c2ccccc2)c2ccc(-c3cccc4c3c3ccccc3n4-c3ccc(-c4ccc(-c5ccccc5)cc4)cc3)c3nsnc23)cc1. The first-order chi connectivity index (χ1) is 37.4. The van der Waals surface area contributed by atoms with Gasteiger partial charge in [-0.3, -0.25) is 0 Å². The average Bonchev–Trinajstić information content (AvgIpc) is 4.16. The zero-order chi connectivity index (χ0) is 52.8. The van der Waals surface area contributed by atoms with Gasteiger partial charge in [0.2, 0.25) is 5.70 Å². The first-order valence-electron chi connectivity index (χ1n) is 26.3. The highest BCUT2D eigenvalue weighted by molar-refractivity contribution is 7.00. The number of hydrogen-bond acceptors (Lipinski definition) is 4. The van der Waals surface area contributed by atoms with Crippen LogP contribution in [-0.2, 0) is 10.8 Å². The zero-order valence-electron chi connectivity index (χ0n) is 44.2. The molecule has 0 radical (unpaired) electrons. The quantitative estimate of drug-likeness (QED) is 0.101. The molecule has 6 heteroatoms. The van der Waals surface area contributed by atoms with Crippen molar-refractivity contribution in [3.05, 3.63) is 276 Å². The van der Waals surface area contributed by atoms with Gasteiger partial charge in [0.1, 0.15) is 11.0 Å². The van der Waals surface area contributed by atoms with E-state index in [2.05, 4.69) is 286 Å². The van der Waals surface area contributed by atoms with E-state index in [-0.39, 0.29) is 10.8 Å². The second-order valence-corrected chi connectivity index (χ2v) is 22.4. The molecule has 12 rings (SSSR count). The van der Waals surface area contributed by atoms with E-state index < -0.39 is 0 Å². The molecule has 0 saturated heterocycles. The van der Waals surface area contributed by atoms with E-state index in [1.165, 1.54) is 55.9 Å². The zero-order valence-corrected chi connectivity index (χ0v) is 45.0. The third-order valence-electron chi connectivity index (χ3n) is 14.9. The number of para-hydroxylation sites is 2. The molecule has 0 atom stereocenters. The first-order valence-corrected chi connectivity index (χ1v) is 27.0. The summed E-state index contributed by atoms with van der Waals surface area (Å²) < 4.78 is 12.5. The van der Waals surface area contributed by atoms with Crippen LogP contribution >= 0.6 is 11.7 Å². The summed E-state index contributed by atoms with van der Waals surface area (Å²) in [6, 6.07) is 84.3. The van der Waals surface area contributed by atoms with Gasteiger partial charge in [-0.2, -0.15) is 8.75 Å². The van der Waals surface area contributed by atoms with Gasteiger partial charge in [0.05, 0.1) is 35.0 Å². The van der Waals surface area contributed by atoms with Crippen molar-refractivity contribution in [2.24, 2.45) is 0 Å². The smallest absolute Gasteiger partial charge is 0.202 e. The molecule has 0 aliphatic carbocycles. The van der Waals surface area contributed by atoms with Crippen molar-refractivity contribution in [1.29, 1.82) is 0 Å². The summed E-state index contributed by atoms with van der Waals surface area (Å²) in [5.41, 5.74) is 21.6. The fourth-order valence-electron chi connectivity index (χ4n) is 10.8. The molecule has 0 unspecified atom stereocenters. The van der Waals surface area contributed by atoms with E-state index in [0.29, 0.717) is 5.70 Å². The summed E-state index contributed by atoms with van der Waals surface area (Å²) in [6.45, 7) is 22.1. The van der Waals surface area contributed by atoms with Crippen molar-refractivity contribution < 1.29 is 0 Å². The molecule has 0 amide bonds. The summed E-state index contributed by atoms with van der Waals surface area (Å²) in [7, 11) is 0. The average molecular weight is 1010 g/mol. The van der Waals surface area contributed by atoms with Crippen LogP contribution in [0.3, 0.4) is 0 Å². The number of benzene rings is 10. The Morgan fingerprint density at radius 2 is 0.935 bits per heavy atom. The predicted molar refractivity (Wildman–Crippen MR) is 326 cm³/mol. The highest BCUT2D eigenvalue weighted by Crippen LogP contribution is 2.46. The van der Waals surface area contributed by atoms with Gasteiger partial charge in [-0.1, -0.05) is 217 Å². The van der Waals surface area contributed by atoms with Gasteiger partial charge in [-0.25, -0.2) is 4.85 Å². The van der Waals surface area contributed by atoms with Crippen molar-refractivity contribution in [3.8, 4) is 39.1 Å². The molecule has 372 valence electrons. The van der Waals surface area contributed by atoms with Crippen molar-refractivity contribution in [2.45, 2.75) is 52.4 Å². The Bertz CT molecular complexity index is 4110. The summed E-state index contributed by atoms with van der Waals surface area (Å²) >= 11 is 1.23. The van der Waals surface area contributed by atoms with Crippen LogP contribution in [0.1, 0.15) is 69.4 Å². The number of anilines is 3.